The van der Waals surface area contributed by atoms with Crippen molar-refractivity contribution in [1.29, 1.82) is 0 Å². The summed E-state index contributed by atoms with van der Waals surface area (Å²) in [6.07, 6.45) is -5.73. The number of hydrogen-bond acceptors (Lipinski definition) is 10. The van der Waals surface area contributed by atoms with Crippen molar-refractivity contribution in [2.45, 2.75) is 58.2 Å². The van der Waals surface area contributed by atoms with Crippen molar-refractivity contribution in [2.75, 3.05) is 6.61 Å². The summed E-state index contributed by atoms with van der Waals surface area (Å²) in [6, 6.07) is 6.00. The second-order valence-electron chi connectivity index (χ2n) is 6.71. The Labute approximate surface area is 173 Å². The van der Waals surface area contributed by atoms with Crippen molar-refractivity contribution in [1.82, 2.24) is 0 Å². The minimum Gasteiger partial charge on any atom is -0.508 e. The van der Waals surface area contributed by atoms with E-state index < -0.39 is 54.4 Å². The number of carbonyl (C=O) groups excluding carboxylic acids is 4. The van der Waals surface area contributed by atoms with Crippen LogP contribution in [0.15, 0.2) is 24.3 Å². The van der Waals surface area contributed by atoms with Crippen molar-refractivity contribution >= 4 is 23.9 Å². The van der Waals surface area contributed by atoms with E-state index >= 15 is 0 Å². The predicted octanol–water partition coefficient (Wildman–Crippen LogP) is 1.19. The van der Waals surface area contributed by atoms with Gasteiger partial charge in [0.25, 0.3) is 0 Å². The van der Waals surface area contributed by atoms with Gasteiger partial charge in [-0.15, -0.1) is 0 Å². The molecule has 5 atom stereocenters. The van der Waals surface area contributed by atoms with Crippen LogP contribution in [0.4, 0.5) is 0 Å². The molecule has 1 aliphatic rings. The molecular formula is C20H24O10. The van der Waals surface area contributed by atoms with E-state index in [1.54, 1.807) is 12.1 Å². The summed E-state index contributed by atoms with van der Waals surface area (Å²) in [5.41, 5.74) is 0.410. The highest BCUT2D eigenvalue weighted by molar-refractivity contribution is 5.68. The molecule has 1 aromatic carbocycles. The first-order chi connectivity index (χ1) is 14.1. The van der Waals surface area contributed by atoms with Crippen LogP contribution in [-0.4, -0.2) is 60.0 Å². The quantitative estimate of drug-likeness (QED) is 0.524. The van der Waals surface area contributed by atoms with Gasteiger partial charge < -0.3 is 28.8 Å². The first kappa shape index (κ1) is 23.1. The lowest BCUT2D eigenvalue weighted by atomic mass is 9.90. The van der Waals surface area contributed by atoms with Crippen molar-refractivity contribution in [2.24, 2.45) is 0 Å². The summed E-state index contributed by atoms with van der Waals surface area (Å²) in [5, 5.41) is 9.85. The second kappa shape index (κ2) is 10.1. The SMILES string of the molecule is CC(=O)OC[C@H]1O[C@@H](c2cccc(O)c2)[C@H](OC(C)=O)[C@@H](OC(C)=O)[C@@H]1OC(C)=O. The smallest absolute Gasteiger partial charge is 0.303 e. The Bertz CT molecular complexity index is 805. The van der Waals surface area contributed by atoms with Gasteiger partial charge in [-0.2, -0.15) is 0 Å². The molecule has 0 radical (unpaired) electrons. The van der Waals surface area contributed by atoms with Crippen LogP contribution in [0.5, 0.6) is 5.75 Å². The number of ether oxygens (including phenoxy) is 5. The lowest BCUT2D eigenvalue weighted by Crippen LogP contribution is -2.59. The Hall–Kier alpha value is -3.14. The number of carbonyl (C=O) groups is 4. The highest BCUT2D eigenvalue weighted by Crippen LogP contribution is 2.38. The van der Waals surface area contributed by atoms with E-state index in [1.807, 2.05) is 0 Å². The van der Waals surface area contributed by atoms with Gasteiger partial charge in [-0.3, -0.25) is 19.2 Å². The molecular weight excluding hydrogens is 400 g/mol. The molecule has 1 N–H and O–H groups in total. The molecule has 164 valence electrons. The van der Waals surface area contributed by atoms with Crippen molar-refractivity contribution in [3.63, 3.8) is 0 Å². The molecule has 30 heavy (non-hydrogen) atoms. The van der Waals surface area contributed by atoms with Crippen LogP contribution in [-0.2, 0) is 42.9 Å². The van der Waals surface area contributed by atoms with E-state index in [0.29, 0.717) is 5.56 Å². The highest BCUT2D eigenvalue weighted by atomic mass is 16.7. The zero-order valence-electron chi connectivity index (χ0n) is 17.0. The molecule has 1 heterocycles. The van der Waals surface area contributed by atoms with Crippen LogP contribution in [0, 0.1) is 0 Å². The topological polar surface area (TPSA) is 135 Å². The van der Waals surface area contributed by atoms with Gasteiger partial charge in [0.05, 0.1) is 0 Å². The molecule has 0 unspecified atom stereocenters. The van der Waals surface area contributed by atoms with Crippen molar-refractivity contribution in [3.05, 3.63) is 29.8 Å². The minimum absolute atomic E-state index is 0.0691. The van der Waals surface area contributed by atoms with Crippen LogP contribution in [0.25, 0.3) is 0 Å². The molecule has 1 aromatic rings. The first-order valence-corrected chi connectivity index (χ1v) is 9.18. The maximum absolute atomic E-state index is 11.8. The summed E-state index contributed by atoms with van der Waals surface area (Å²) in [4.78, 5) is 46.5. The van der Waals surface area contributed by atoms with Crippen LogP contribution in [0.1, 0.15) is 39.4 Å². The Kier molecular flexibility index (Phi) is 7.76. The summed E-state index contributed by atoms with van der Waals surface area (Å²) < 4.78 is 27.0. The van der Waals surface area contributed by atoms with Gasteiger partial charge in [-0.05, 0) is 17.7 Å². The fourth-order valence-electron chi connectivity index (χ4n) is 3.20. The Morgan fingerprint density at radius 3 is 1.97 bits per heavy atom. The van der Waals surface area contributed by atoms with Crippen LogP contribution in [0.2, 0.25) is 0 Å². The molecule has 2 rings (SSSR count). The molecule has 1 saturated heterocycles. The second-order valence-corrected chi connectivity index (χ2v) is 6.71. The highest BCUT2D eigenvalue weighted by Gasteiger charge is 2.52. The molecule has 0 aliphatic carbocycles. The monoisotopic (exact) mass is 424 g/mol. The Morgan fingerprint density at radius 1 is 0.867 bits per heavy atom. The molecule has 0 saturated carbocycles. The average molecular weight is 424 g/mol. The van der Waals surface area contributed by atoms with Crippen molar-refractivity contribution < 1.29 is 48.0 Å². The third-order valence-electron chi connectivity index (χ3n) is 4.19. The molecule has 0 spiro atoms. The summed E-state index contributed by atoms with van der Waals surface area (Å²) >= 11 is 0. The van der Waals surface area contributed by atoms with Crippen LogP contribution < -0.4 is 0 Å². The molecule has 1 fully saturated rings. The van der Waals surface area contributed by atoms with Gasteiger partial charge in [0.15, 0.2) is 18.3 Å². The maximum Gasteiger partial charge on any atom is 0.303 e. The van der Waals surface area contributed by atoms with Crippen LogP contribution >= 0.6 is 0 Å². The predicted molar refractivity (Wildman–Crippen MR) is 99.0 cm³/mol. The fraction of sp³-hybridized carbons (Fsp3) is 0.500. The van der Waals surface area contributed by atoms with Crippen molar-refractivity contribution in [3.8, 4) is 5.75 Å². The number of aromatic hydroxyl groups is 1. The Morgan fingerprint density at radius 2 is 1.43 bits per heavy atom. The summed E-state index contributed by atoms with van der Waals surface area (Å²) in [5.74, 6) is -2.77. The third kappa shape index (κ3) is 6.18. The summed E-state index contributed by atoms with van der Waals surface area (Å²) in [7, 11) is 0. The van der Waals surface area contributed by atoms with Crippen LogP contribution in [0.3, 0.4) is 0 Å². The number of hydrogen-bond donors (Lipinski definition) is 1. The Balaban J connectivity index is 2.53. The standard InChI is InChI=1S/C20H24O10/c1-10(21)26-9-16-18(27-11(2)22)20(29-13(4)24)19(28-12(3)23)17(30-16)14-6-5-7-15(25)8-14/h5-8,16-20,25H,9H2,1-4H3/t16-,17+,18-,19+,20+/m1/s1. The van der Waals surface area contributed by atoms with E-state index in [-0.39, 0.29) is 12.4 Å². The number of rotatable bonds is 6. The molecule has 1 aliphatic heterocycles. The molecule has 10 heteroatoms. The number of benzene rings is 1. The fourth-order valence-corrected chi connectivity index (χ4v) is 3.20. The normalized spacial score (nSPS) is 25.7. The number of phenolic OH excluding ortho intramolecular Hbond substituents is 1. The minimum atomic E-state index is -1.25. The number of esters is 4. The maximum atomic E-state index is 11.8. The number of phenols is 1. The van der Waals surface area contributed by atoms with E-state index in [1.165, 1.54) is 19.1 Å². The largest absolute Gasteiger partial charge is 0.508 e. The zero-order chi connectivity index (χ0) is 22.4. The molecule has 0 aromatic heterocycles. The molecule has 10 nitrogen and oxygen atoms in total. The summed E-state index contributed by atoms with van der Waals surface area (Å²) in [6.45, 7) is 4.34. The van der Waals surface area contributed by atoms with E-state index in [9.17, 15) is 24.3 Å². The van der Waals surface area contributed by atoms with Gasteiger partial charge in [-0.1, -0.05) is 12.1 Å². The van der Waals surface area contributed by atoms with Gasteiger partial charge >= 0.3 is 23.9 Å². The zero-order valence-corrected chi connectivity index (χ0v) is 17.0. The van der Waals surface area contributed by atoms with E-state index in [2.05, 4.69) is 0 Å². The molecule has 0 amide bonds. The third-order valence-corrected chi connectivity index (χ3v) is 4.19. The van der Waals surface area contributed by atoms with E-state index in [0.717, 1.165) is 20.8 Å². The van der Waals surface area contributed by atoms with Gasteiger partial charge in [0.1, 0.15) is 24.6 Å². The van der Waals surface area contributed by atoms with Gasteiger partial charge in [0.2, 0.25) is 0 Å². The first-order valence-electron chi connectivity index (χ1n) is 9.18. The average Bonchev–Trinajstić information content (AvgIpc) is 2.62. The lowest BCUT2D eigenvalue weighted by molar-refractivity contribution is -0.254. The van der Waals surface area contributed by atoms with Gasteiger partial charge in [0, 0.05) is 27.7 Å². The van der Waals surface area contributed by atoms with E-state index in [4.69, 9.17) is 23.7 Å². The molecule has 0 bridgehead atoms. The lowest BCUT2D eigenvalue weighted by Gasteiger charge is -2.44. The van der Waals surface area contributed by atoms with Gasteiger partial charge in [-0.25, -0.2) is 0 Å².